The summed E-state index contributed by atoms with van der Waals surface area (Å²) in [5.41, 5.74) is 0. The average molecular weight is 202 g/mol. The van der Waals surface area contributed by atoms with Crippen LogP contribution in [0.4, 0.5) is 0 Å². The van der Waals surface area contributed by atoms with Gasteiger partial charge in [0, 0.05) is 6.20 Å². The predicted molar refractivity (Wildman–Crippen MR) is 47.0 cm³/mol. The van der Waals surface area contributed by atoms with Crippen LogP contribution in [0, 0.1) is 0 Å². The van der Waals surface area contributed by atoms with Gasteiger partial charge in [-0.2, -0.15) is 0 Å². The number of methoxy groups -OCH3 is 1. The van der Waals surface area contributed by atoms with E-state index in [1.54, 1.807) is 0 Å². The number of sulfonamides is 1. The molecule has 0 aliphatic rings. The molecule has 0 radical (unpaired) electrons. The van der Waals surface area contributed by atoms with Gasteiger partial charge in [0.2, 0.25) is 10.0 Å². The molecular weight excluding hydrogens is 192 g/mol. The Morgan fingerprint density at radius 3 is 2.77 bits per heavy atom. The minimum Gasteiger partial charge on any atom is -0.495 e. The maximum absolute atomic E-state index is 11.3. The van der Waals surface area contributed by atoms with Gasteiger partial charge in [-0.1, -0.05) is 0 Å². The van der Waals surface area contributed by atoms with E-state index in [0.717, 1.165) is 0 Å². The number of pyridine rings is 1. The van der Waals surface area contributed by atoms with Gasteiger partial charge >= 0.3 is 0 Å². The Bertz CT molecular complexity index is 388. The highest BCUT2D eigenvalue weighted by Crippen LogP contribution is 2.20. The zero-order chi connectivity index (χ0) is 9.90. The van der Waals surface area contributed by atoms with Gasteiger partial charge < -0.3 is 4.74 Å². The highest BCUT2D eigenvalue weighted by Gasteiger charge is 2.16. The number of nitrogens with one attached hydrogen (secondary N) is 1. The molecule has 0 aliphatic carbocycles. The van der Waals surface area contributed by atoms with E-state index in [9.17, 15) is 8.42 Å². The van der Waals surface area contributed by atoms with Crippen LogP contribution in [0.25, 0.3) is 0 Å². The first-order valence-corrected chi connectivity index (χ1v) is 5.01. The van der Waals surface area contributed by atoms with Crippen molar-refractivity contribution < 1.29 is 13.2 Å². The lowest BCUT2D eigenvalue weighted by molar-refractivity contribution is 0.401. The first-order valence-electron chi connectivity index (χ1n) is 3.53. The molecule has 0 aliphatic heterocycles. The van der Waals surface area contributed by atoms with Crippen LogP contribution in [-0.2, 0) is 10.0 Å². The van der Waals surface area contributed by atoms with E-state index in [2.05, 4.69) is 9.71 Å². The SMILES string of the molecule is CNS(=O)(=O)c1cnccc1OC. The van der Waals surface area contributed by atoms with Crippen molar-refractivity contribution >= 4 is 10.0 Å². The number of rotatable bonds is 3. The zero-order valence-electron chi connectivity index (χ0n) is 7.31. The third-order valence-electron chi connectivity index (χ3n) is 1.52. The van der Waals surface area contributed by atoms with Gasteiger partial charge in [0.05, 0.1) is 13.3 Å². The van der Waals surface area contributed by atoms with Gasteiger partial charge in [-0.15, -0.1) is 0 Å². The van der Waals surface area contributed by atoms with E-state index in [0.29, 0.717) is 0 Å². The third-order valence-corrected chi connectivity index (χ3v) is 2.95. The molecule has 1 heterocycles. The fourth-order valence-electron chi connectivity index (χ4n) is 0.848. The molecule has 0 atom stereocenters. The Hall–Kier alpha value is -1.14. The fourth-order valence-corrected chi connectivity index (χ4v) is 1.68. The maximum Gasteiger partial charge on any atom is 0.245 e. The van der Waals surface area contributed by atoms with Crippen molar-refractivity contribution in [2.45, 2.75) is 4.90 Å². The molecule has 1 aromatic rings. The monoisotopic (exact) mass is 202 g/mol. The third kappa shape index (κ3) is 1.96. The van der Waals surface area contributed by atoms with E-state index in [1.165, 1.54) is 32.6 Å². The summed E-state index contributed by atoms with van der Waals surface area (Å²) in [5.74, 6) is 0.282. The minimum atomic E-state index is -3.48. The lowest BCUT2D eigenvalue weighted by Crippen LogP contribution is -2.19. The number of hydrogen-bond acceptors (Lipinski definition) is 4. The first-order chi connectivity index (χ1) is 6.11. The van der Waals surface area contributed by atoms with Crippen molar-refractivity contribution in [3.05, 3.63) is 18.5 Å². The van der Waals surface area contributed by atoms with Crippen molar-refractivity contribution in [1.29, 1.82) is 0 Å². The number of nitrogens with zero attached hydrogens (tertiary/aromatic N) is 1. The van der Waals surface area contributed by atoms with Crippen LogP contribution in [0.2, 0.25) is 0 Å². The van der Waals surface area contributed by atoms with Crippen LogP contribution in [0.3, 0.4) is 0 Å². The first kappa shape index (κ1) is 9.94. The topological polar surface area (TPSA) is 68.3 Å². The Morgan fingerprint density at radius 2 is 2.23 bits per heavy atom. The highest BCUT2D eigenvalue weighted by atomic mass is 32.2. The van der Waals surface area contributed by atoms with Gasteiger partial charge in [0.1, 0.15) is 10.6 Å². The Labute approximate surface area is 76.8 Å². The molecule has 0 unspecified atom stereocenters. The summed E-state index contributed by atoms with van der Waals surface area (Å²) in [4.78, 5) is 3.75. The lowest BCUT2D eigenvalue weighted by Gasteiger charge is -2.06. The number of hydrogen-bond donors (Lipinski definition) is 1. The smallest absolute Gasteiger partial charge is 0.245 e. The summed E-state index contributed by atoms with van der Waals surface area (Å²) in [6.45, 7) is 0. The van der Waals surface area contributed by atoms with E-state index >= 15 is 0 Å². The largest absolute Gasteiger partial charge is 0.495 e. The van der Waals surface area contributed by atoms with Crippen LogP contribution in [0.15, 0.2) is 23.4 Å². The van der Waals surface area contributed by atoms with E-state index in [1.807, 2.05) is 0 Å². The molecule has 0 amide bonds. The molecule has 0 saturated heterocycles. The van der Waals surface area contributed by atoms with E-state index in [-0.39, 0.29) is 10.6 Å². The molecule has 1 N–H and O–H groups in total. The summed E-state index contributed by atoms with van der Waals surface area (Å²) < 4.78 is 29.8. The van der Waals surface area contributed by atoms with Gasteiger partial charge in [-0.05, 0) is 13.1 Å². The second-order valence-electron chi connectivity index (χ2n) is 2.23. The lowest BCUT2D eigenvalue weighted by atomic mass is 10.4. The molecule has 0 aromatic carbocycles. The van der Waals surface area contributed by atoms with Crippen LogP contribution >= 0.6 is 0 Å². The molecule has 1 aromatic heterocycles. The van der Waals surface area contributed by atoms with Crippen molar-refractivity contribution in [3.63, 3.8) is 0 Å². The molecule has 6 heteroatoms. The van der Waals surface area contributed by atoms with Crippen LogP contribution in [-0.4, -0.2) is 27.6 Å². The van der Waals surface area contributed by atoms with Crippen LogP contribution < -0.4 is 9.46 Å². The number of ether oxygens (including phenoxy) is 1. The molecule has 13 heavy (non-hydrogen) atoms. The normalized spacial score (nSPS) is 11.2. The summed E-state index contributed by atoms with van der Waals surface area (Å²) in [5, 5.41) is 0. The number of aromatic nitrogens is 1. The minimum absolute atomic E-state index is 0.0417. The summed E-state index contributed by atoms with van der Waals surface area (Å²) in [7, 11) is -0.737. The van der Waals surface area contributed by atoms with Crippen molar-refractivity contribution in [3.8, 4) is 5.75 Å². The van der Waals surface area contributed by atoms with Crippen molar-refractivity contribution in [1.82, 2.24) is 9.71 Å². The molecule has 5 nitrogen and oxygen atoms in total. The van der Waals surface area contributed by atoms with Crippen LogP contribution in [0.1, 0.15) is 0 Å². The predicted octanol–water partition coefficient (Wildman–Crippen LogP) is -0.00170. The molecule has 0 saturated carbocycles. The van der Waals surface area contributed by atoms with Crippen molar-refractivity contribution in [2.75, 3.05) is 14.2 Å². The van der Waals surface area contributed by atoms with Gasteiger partial charge in [-0.25, -0.2) is 13.1 Å². The average Bonchev–Trinajstić information content (AvgIpc) is 2.18. The van der Waals surface area contributed by atoms with Crippen molar-refractivity contribution in [2.24, 2.45) is 0 Å². The van der Waals surface area contributed by atoms with E-state index in [4.69, 9.17) is 4.74 Å². The molecule has 0 fully saturated rings. The highest BCUT2D eigenvalue weighted by molar-refractivity contribution is 7.89. The molecular formula is C7H10N2O3S. The second-order valence-corrected chi connectivity index (χ2v) is 4.09. The van der Waals surface area contributed by atoms with Gasteiger partial charge in [0.15, 0.2) is 0 Å². The fraction of sp³-hybridized carbons (Fsp3) is 0.286. The quantitative estimate of drug-likeness (QED) is 0.749. The standard InChI is InChI=1S/C7H10N2O3S/c1-8-13(10,11)7-5-9-4-3-6(7)12-2/h3-5,8H,1-2H3. The molecule has 72 valence electrons. The summed E-state index contributed by atoms with van der Waals surface area (Å²) in [6.07, 6.45) is 2.71. The zero-order valence-corrected chi connectivity index (χ0v) is 8.13. The molecule has 0 bridgehead atoms. The summed E-state index contributed by atoms with van der Waals surface area (Å²) in [6, 6.07) is 1.49. The molecule has 0 spiro atoms. The Kier molecular flexibility index (Phi) is 2.84. The molecule has 1 rings (SSSR count). The summed E-state index contributed by atoms with van der Waals surface area (Å²) >= 11 is 0. The second kappa shape index (κ2) is 3.71. The van der Waals surface area contributed by atoms with Gasteiger partial charge in [0.25, 0.3) is 0 Å². The van der Waals surface area contributed by atoms with E-state index < -0.39 is 10.0 Å². The maximum atomic E-state index is 11.3. The van der Waals surface area contributed by atoms with Crippen LogP contribution in [0.5, 0.6) is 5.75 Å². The Balaban J connectivity index is 3.29. The Morgan fingerprint density at radius 1 is 1.54 bits per heavy atom. The van der Waals surface area contributed by atoms with Gasteiger partial charge in [-0.3, -0.25) is 4.98 Å².